The lowest BCUT2D eigenvalue weighted by atomic mass is 9.91. The molecule has 1 rings (SSSR count). The first kappa shape index (κ1) is 17.7. The Balaban J connectivity index is 2.86. The second-order valence-electron chi connectivity index (χ2n) is 5.57. The lowest BCUT2D eigenvalue weighted by Crippen LogP contribution is -2.50. The molecule has 0 heterocycles. The quantitative estimate of drug-likeness (QED) is 0.743. The Hall–Kier alpha value is -1.37. The summed E-state index contributed by atoms with van der Waals surface area (Å²) in [6, 6.07) is 1.89. The van der Waals surface area contributed by atoms with Crippen molar-refractivity contribution in [3.8, 4) is 5.75 Å². The van der Waals surface area contributed by atoms with Crippen LogP contribution in [0.2, 0.25) is 0 Å². The second kappa shape index (κ2) is 7.06. The van der Waals surface area contributed by atoms with Gasteiger partial charge >= 0.3 is 6.09 Å². The molecule has 0 aromatic heterocycles. The number of halogens is 3. The van der Waals surface area contributed by atoms with Gasteiger partial charge in [0, 0.05) is 6.07 Å². The Morgan fingerprint density at radius 1 is 1.43 bits per heavy atom. The van der Waals surface area contributed by atoms with Gasteiger partial charge in [-0.25, -0.2) is 13.6 Å². The average molecular weight is 366 g/mol. The lowest BCUT2D eigenvalue weighted by Gasteiger charge is -2.31. The maximum Gasteiger partial charge on any atom is 0.405 e. The van der Waals surface area contributed by atoms with Crippen molar-refractivity contribution in [2.75, 3.05) is 6.61 Å². The summed E-state index contributed by atoms with van der Waals surface area (Å²) < 4.78 is 32.3. The molecule has 1 unspecified atom stereocenters. The van der Waals surface area contributed by atoms with E-state index in [9.17, 15) is 13.6 Å². The van der Waals surface area contributed by atoms with Crippen molar-refractivity contribution in [1.82, 2.24) is 5.32 Å². The highest BCUT2D eigenvalue weighted by Gasteiger charge is 2.29. The van der Waals surface area contributed by atoms with E-state index in [1.165, 1.54) is 0 Å². The zero-order chi connectivity index (χ0) is 16.2. The van der Waals surface area contributed by atoms with Crippen molar-refractivity contribution in [2.24, 2.45) is 5.92 Å². The van der Waals surface area contributed by atoms with Gasteiger partial charge in [0.2, 0.25) is 0 Å². The van der Waals surface area contributed by atoms with Gasteiger partial charge in [0.15, 0.2) is 11.6 Å². The number of ether oxygens (including phenoxy) is 1. The molecule has 1 amide bonds. The Morgan fingerprint density at radius 3 is 2.57 bits per heavy atom. The van der Waals surface area contributed by atoms with Gasteiger partial charge in [-0.15, -0.1) is 0 Å². The number of carbonyl (C=O) groups is 1. The fraction of sp³-hybridized carbons (Fsp3) is 0.500. The van der Waals surface area contributed by atoms with Crippen LogP contribution < -0.4 is 10.1 Å². The molecule has 0 saturated heterocycles. The molecule has 0 spiro atoms. The second-order valence-corrected chi connectivity index (χ2v) is 6.43. The van der Waals surface area contributed by atoms with Gasteiger partial charge in [0.1, 0.15) is 12.4 Å². The van der Waals surface area contributed by atoms with Crippen LogP contribution in [0.3, 0.4) is 0 Å². The molecule has 0 aliphatic heterocycles. The Morgan fingerprint density at radius 2 is 2.05 bits per heavy atom. The molecule has 21 heavy (non-hydrogen) atoms. The van der Waals surface area contributed by atoms with Crippen LogP contribution in [-0.2, 0) is 0 Å². The third-order valence-electron chi connectivity index (χ3n) is 2.79. The van der Waals surface area contributed by atoms with Crippen LogP contribution in [-0.4, -0.2) is 23.3 Å². The molecule has 0 radical (unpaired) electrons. The van der Waals surface area contributed by atoms with Crippen molar-refractivity contribution < 1.29 is 23.4 Å². The minimum atomic E-state index is -1.19. The number of carboxylic acid groups (broad SMARTS) is 1. The van der Waals surface area contributed by atoms with Crippen LogP contribution in [0.1, 0.15) is 27.2 Å². The van der Waals surface area contributed by atoms with Crippen LogP contribution in [0.25, 0.3) is 0 Å². The first-order chi connectivity index (χ1) is 9.63. The van der Waals surface area contributed by atoms with Crippen LogP contribution in [0.15, 0.2) is 16.6 Å². The number of hydrogen-bond acceptors (Lipinski definition) is 2. The Labute approximate surface area is 130 Å². The summed E-state index contributed by atoms with van der Waals surface area (Å²) in [7, 11) is 0. The molecular weight excluding hydrogens is 348 g/mol. The van der Waals surface area contributed by atoms with E-state index in [2.05, 4.69) is 21.2 Å². The van der Waals surface area contributed by atoms with Crippen LogP contribution in [0, 0.1) is 17.6 Å². The summed E-state index contributed by atoms with van der Waals surface area (Å²) >= 11 is 2.88. The van der Waals surface area contributed by atoms with Crippen molar-refractivity contribution in [3.63, 3.8) is 0 Å². The number of rotatable bonds is 6. The van der Waals surface area contributed by atoms with Crippen LogP contribution in [0.5, 0.6) is 5.75 Å². The maximum absolute atomic E-state index is 13.7. The highest BCUT2D eigenvalue weighted by atomic mass is 79.9. The van der Waals surface area contributed by atoms with E-state index in [0.29, 0.717) is 6.42 Å². The van der Waals surface area contributed by atoms with Crippen LogP contribution >= 0.6 is 15.9 Å². The predicted octanol–water partition coefficient (Wildman–Crippen LogP) is 4.18. The van der Waals surface area contributed by atoms with Gasteiger partial charge < -0.3 is 15.2 Å². The summed E-state index contributed by atoms with van der Waals surface area (Å²) in [5.74, 6) is -1.41. The largest absolute Gasteiger partial charge is 0.488 e. The minimum absolute atomic E-state index is 0.000883. The molecule has 1 aromatic carbocycles. The fourth-order valence-electron chi connectivity index (χ4n) is 2.16. The molecule has 0 bridgehead atoms. The third-order valence-corrected chi connectivity index (χ3v) is 3.40. The molecule has 0 saturated carbocycles. The predicted molar refractivity (Wildman–Crippen MR) is 78.6 cm³/mol. The van der Waals surface area contributed by atoms with Gasteiger partial charge in [-0.05, 0) is 41.3 Å². The molecule has 1 atom stereocenters. The van der Waals surface area contributed by atoms with Crippen molar-refractivity contribution in [1.29, 1.82) is 0 Å². The van der Waals surface area contributed by atoms with Crippen molar-refractivity contribution in [3.05, 3.63) is 28.2 Å². The van der Waals surface area contributed by atoms with E-state index in [1.54, 1.807) is 6.92 Å². The van der Waals surface area contributed by atoms with E-state index < -0.39 is 23.3 Å². The Bertz CT molecular complexity index is 525. The van der Waals surface area contributed by atoms with E-state index in [1.807, 2.05) is 13.8 Å². The van der Waals surface area contributed by atoms with Crippen molar-refractivity contribution in [2.45, 2.75) is 32.7 Å². The lowest BCUT2D eigenvalue weighted by molar-refractivity contribution is 0.141. The first-order valence-electron chi connectivity index (χ1n) is 6.41. The zero-order valence-electron chi connectivity index (χ0n) is 12.0. The summed E-state index contributed by atoms with van der Waals surface area (Å²) in [6.45, 7) is 5.42. The van der Waals surface area contributed by atoms with Gasteiger partial charge in [-0.1, -0.05) is 13.8 Å². The molecular formula is C14H18BrF2NO3. The maximum atomic E-state index is 13.7. The van der Waals surface area contributed by atoms with E-state index >= 15 is 0 Å². The zero-order valence-corrected chi connectivity index (χ0v) is 13.6. The third kappa shape index (κ3) is 5.49. The monoisotopic (exact) mass is 365 g/mol. The van der Waals surface area contributed by atoms with Crippen LogP contribution in [0.4, 0.5) is 13.6 Å². The van der Waals surface area contributed by atoms with E-state index in [0.717, 1.165) is 12.1 Å². The van der Waals surface area contributed by atoms with Gasteiger partial charge in [0.25, 0.3) is 0 Å². The topological polar surface area (TPSA) is 58.6 Å². The van der Waals surface area contributed by atoms with Gasteiger partial charge in [-0.3, -0.25) is 0 Å². The fourth-order valence-corrected chi connectivity index (χ4v) is 2.47. The van der Waals surface area contributed by atoms with Crippen molar-refractivity contribution >= 4 is 22.0 Å². The van der Waals surface area contributed by atoms with Gasteiger partial charge in [-0.2, -0.15) is 0 Å². The van der Waals surface area contributed by atoms with E-state index in [4.69, 9.17) is 9.84 Å². The molecule has 0 aliphatic rings. The molecule has 2 N–H and O–H groups in total. The SMILES string of the molecule is CC(C)CC(C)(COc1cc(F)c(Br)cc1F)NC(=O)O. The van der Waals surface area contributed by atoms with Gasteiger partial charge in [0.05, 0.1) is 10.0 Å². The summed E-state index contributed by atoms with van der Waals surface area (Å²) in [5.41, 5.74) is -0.893. The average Bonchev–Trinajstić information content (AvgIpc) is 2.30. The summed E-state index contributed by atoms with van der Waals surface area (Å²) in [5, 5.41) is 11.3. The molecule has 4 nitrogen and oxygen atoms in total. The molecule has 118 valence electrons. The Kier molecular flexibility index (Phi) is 5.95. The smallest absolute Gasteiger partial charge is 0.405 e. The standard InChI is InChI=1S/C14H18BrF2NO3/c1-8(2)6-14(3,18-13(19)20)7-21-12-5-10(16)9(15)4-11(12)17/h4-5,8,18H,6-7H2,1-3H3,(H,19,20). The molecule has 0 aliphatic carbocycles. The summed E-state index contributed by atoms with van der Waals surface area (Å²) in [4.78, 5) is 10.9. The highest BCUT2D eigenvalue weighted by Crippen LogP contribution is 2.26. The number of amides is 1. The van der Waals surface area contributed by atoms with E-state index in [-0.39, 0.29) is 22.7 Å². The number of nitrogens with one attached hydrogen (secondary N) is 1. The number of hydrogen-bond donors (Lipinski definition) is 2. The summed E-state index contributed by atoms with van der Waals surface area (Å²) in [6.07, 6.45) is -0.691. The molecule has 1 aromatic rings. The molecule has 7 heteroatoms. The normalized spacial score (nSPS) is 13.9. The highest BCUT2D eigenvalue weighted by molar-refractivity contribution is 9.10. The molecule has 0 fully saturated rings. The number of benzene rings is 1. The first-order valence-corrected chi connectivity index (χ1v) is 7.21. The minimum Gasteiger partial charge on any atom is -0.488 e.